The van der Waals surface area contributed by atoms with Gasteiger partial charge in [0, 0.05) is 19.1 Å². The van der Waals surface area contributed by atoms with Crippen LogP contribution in [0.5, 0.6) is 0 Å². The number of nitrogens with one attached hydrogen (secondary N) is 1. The second kappa shape index (κ2) is 4.40. The summed E-state index contributed by atoms with van der Waals surface area (Å²) >= 11 is 0. The van der Waals surface area contributed by atoms with Crippen LogP contribution >= 0.6 is 0 Å². The molecule has 0 bridgehead atoms. The van der Waals surface area contributed by atoms with Crippen LogP contribution in [-0.4, -0.2) is 42.0 Å². The molecule has 1 heterocycles. The van der Waals surface area contributed by atoms with Gasteiger partial charge >= 0.3 is 0 Å². The number of carbonyl (C=O) groups is 1. The fourth-order valence-corrected chi connectivity index (χ4v) is 2.49. The molecule has 0 spiro atoms. The second-order valence-corrected chi connectivity index (χ2v) is 4.90. The first kappa shape index (κ1) is 11.4. The lowest BCUT2D eigenvalue weighted by molar-refractivity contribution is -0.124. The van der Waals surface area contributed by atoms with E-state index in [1.807, 2.05) is 4.90 Å². The molecule has 0 aromatic heterocycles. The van der Waals surface area contributed by atoms with E-state index in [-0.39, 0.29) is 11.9 Å². The summed E-state index contributed by atoms with van der Waals surface area (Å²) in [6.07, 6.45) is 3.63. The first-order valence-electron chi connectivity index (χ1n) is 5.84. The van der Waals surface area contributed by atoms with Crippen LogP contribution in [-0.2, 0) is 4.79 Å². The molecule has 16 heavy (non-hydrogen) atoms. The second-order valence-electron chi connectivity index (χ2n) is 4.90. The van der Waals surface area contributed by atoms with Crippen molar-refractivity contribution in [2.75, 3.05) is 19.6 Å². The van der Waals surface area contributed by atoms with Crippen LogP contribution in [0.3, 0.4) is 0 Å². The molecule has 1 amide bonds. The summed E-state index contributed by atoms with van der Waals surface area (Å²) in [5, 5.41) is 12.0. The lowest BCUT2D eigenvalue weighted by Crippen LogP contribution is -2.59. The predicted molar refractivity (Wildman–Crippen MR) is 59.4 cm³/mol. The van der Waals surface area contributed by atoms with Crippen molar-refractivity contribution in [1.82, 2.24) is 10.2 Å². The summed E-state index contributed by atoms with van der Waals surface area (Å²) in [4.78, 5) is 13.7. The van der Waals surface area contributed by atoms with E-state index >= 15 is 0 Å². The van der Waals surface area contributed by atoms with Crippen molar-refractivity contribution < 1.29 is 4.79 Å². The monoisotopic (exact) mass is 222 g/mol. The minimum Gasteiger partial charge on any atom is -0.337 e. The Bertz CT molecular complexity index is 310. The molecular weight excluding hydrogens is 204 g/mol. The molecule has 0 aromatic carbocycles. The molecule has 1 saturated heterocycles. The number of carbonyl (C=O) groups excluding carboxylic acids is 1. The van der Waals surface area contributed by atoms with Crippen molar-refractivity contribution in [2.45, 2.75) is 37.3 Å². The molecule has 0 atom stereocenters. The van der Waals surface area contributed by atoms with Crippen LogP contribution < -0.4 is 11.1 Å². The molecule has 0 radical (unpaired) electrons. The highest BCUT2D eigenvalue weighted by atomic mass is 16.2. The van der Waals surface area contributed by atoms with Crippen molar-refractivity contribution in [2.24, 2.45) is 5.73 Å². The van der Waals surface area contributed by atoms with Gasteiger partial charge in [-0.1, -0.05) is 0 Å². The Hall–Kier alpha value is -1.12. The zero-order valence-corrected chi connectivity index (χ0v) is 9.41. The van der Waals surface area contributed by atoms with Gasteiger partial charge in [-0.15, -0.1) is 0 Å². The van der Waals surface area contributed by atoms with E-state index in [9.17, 15) is 4.79 Å². The van der Waals surface area contributed by atoms with Crippen LogP contribution in [0.2, 0.25) is 0 Å². The summed E-state index contributed by atoms with van der Waals surface area (Å²) < 4.78 is 0. The average Bonchev–Trinajstić information content (AvgIpc) is 2.65. The van der Waals surface area contributed by atoms with Crippen LogP contribution in [0, 0.1) is 11.3 Å². The van der Waals surface area contributed by atoms with Gasteiger partial charge in [0.15, 0.2) is 0 Å². The molecule has 2 rings (SSSR count). The largest absolute Gasteiger partial charge is 0.337 e. The summed E-state index contributed by atoms with van der Waals surface area (Å²) in [7, 11) is 0. The molecule has 5 nitrogen and oxygen atoms in total. The Balaban J connectivity index is 1.80. The highest BCUT2D eigenvalue weighted by Crippen LogP contribution is 2.28. The van der Waals surface area contributed by atoms with Crippen molar-refractivity contribution in [3.8, 4) is 6.07 Å². The normalized spacial score (nSPS) is 24.8. The molecule has 1 aliphatic carbocycles. The molecule has 88 valence electrons. The third kappa shape index (κ3) is 2.34. The molecular formula is C11H18N4O. The number of nitriles is 1. The highest BCUT2D eigenvalue weighted by Gasteiger charge is 2.36. The van der Waals surface area contributed by atoms with Gasteiger partial charge in [-0.3, -0.25) is 9.69 Å². The summed E-state index contributed by atoms with van der Waals surface area (Å²) in [6, 6.07) is 2.46. The van der Waals surface area contributed by atoms with Crippen LogP contribution in [0.15, 0.2) is 0 Å². The van der Waals surface area contributed by atoms with Crippen molar-refractivity contribution in [3.05, 3.63) is 0 Å². The zero-order chi connectivity index (χ0) is 11.6. The van der Waals surface area contributed by atoms with E-state index in [1.165, 1.54) is 0 Å². The van der Waals surface area contributed by atoms with E-state index in [2.05, 4.69) is 11.4 Å². The van der Waals surface area contributed by atoms with Gasteiger partial charge in [0.25, 0.3) is 0 Å². The third-order valence-electron chi connectivity index (χ3n) is 3.40. The number of hydrogen-bond acceptors (Lipinski definition) is 4. The third-order valence-corrected chi connectivity index (χ3v) is 3.40. The molecule has 3 N–H and O–H groups in total. The number of hydrogen-bond donors (Lipinski definition) is 2. The number of likely N-dealkylation sites (tertiary alicyclic amines) is 1. The molecule has 5 heteroatoms. The van der Waals surface area contributed by atoms with Gasteiger partial charge < -0.3 is 11.1 Å². The van der Waals surface area contributed by atoms with Crippen LogP contribution in [0.25, 0.3) is 0 Å². The standard InChI is InChI=1S/C11H18N4O/c12-8-11(3-1-2-4-11)14-10(16)7-15-5-9(13)6-15/h9H,1-7,13H2,(H,14,16). The predicted octanol–water partition coefficient (Wildman–Crippen LogP) is -0.418. The van der Waals surface area contributed by atoms with E-state index in [0.717, 1.165) is 38.8 Å². The number of amides is 1. The average molecular weight is 222 g/mol. The Kier molecular flexibility index (Phi) is 3.13. The van der Waals surface area contributed by atoms with Crippen molar-refractivity contribution >= 4 is 5.91 Å². The molecule has 0 unspecified atom stereocenters. The van der Waals surface area contributed by atoms with Gasteiger partial charge in [0.2, 0.25) is 5.91 Å². The minimum absolute atomic E-state index is 0.0460. The summed E-state index contributed by atoms with van der Waals surface area (Å²) in [5.74, 6) is -0.0460. The first-order valence-corrected chi connectivity index (χ1v) is 5.84. The molecule has 1 saturated carbocycles. The van der Waals surface area contributed by atoms with Gasteiger partial charge in [0.05, 0.1) is 12.6 Å². The van der Waals surface area contributed by atoms with Crippen LogP contribution in [0.4, 0.5) is 0 Å². The minimum atomic E-state index is -0.593. The maximum atomic E-state index is 11.7. The molecule has 2 fully saturated rings. The van der Waals surface area contributed by atoms with Gasteiger partial charge in [-0.2, -0.15) is 5.26 Å². The zero-order valence-electron chi connectivity index (χ0n) is 9.41. The van der Waals surface area contributed by atoms with Gasteiger partial charge in [0.1, 0.15) is 5.54 Å². The SMILES string of the molecule is N#CC1(NC(=O)CN2CC(N)C2)CCCC1. The fourth-order valence-electron chi connectivity index (χ4n) is 2.49. The molecule has 1 aliphatic heterocycles. The smallest absolute Gasteiger partial charge is 0.235 e. The Morgan fingerprint density at radius 1 is 1.50 bits per heavy atom. The van der Waals surface area contributed by atoms with Crippen LogP contribution in [0.1, 0.15) is 25.7 Å². The lowest BCUT2D eigenvalue weighted by Gasteiger charge is -2.36. The van der Waals surface area contributed by atoms with Gasteiger partial charge in [-0.05, 0) is 25.7 Å². The molecule has 2 aliphatic rings. The van der Waals surface area contributed by atoms with Gasteiger partial charge in [-0.25, -0.2) is 0 Å². The quantitative estimate of drug-likeness (QED) is 0.679. The Morgan fingerprint density at radius 3 is 2.62 bits per heavy atom. The number of rotatable bonds is 3. The maximum absolute atomic E-state index is 11.7. The lowest BCUT2D eigenvalue weighted by atomic mass is 10.00. The van der Waals surface area contributed by atoms with Crippen molar-refractivity contribution in [1.29, 1.82) is 5.26 Å². The number of nitrogens with zero attached hydrogens (tertiary/aromatic N) is 2. The summed E-state index contributed by atoms with van der Waals surface area (Å²) in [5.41, 5.74) is 5.04. The van der Waals surface area contributed by atoms with E-state index < -0.39 is 5.54 Å². The summed E-state index contributed by atoms with van der Waals surface area (Å²) in [6.45, 7) is 1.94. The highest BCUT2D eigenvalue weighted by molar-refractivity contribution is 5.79. The molecule has 0 aromatic rings. The maximum Gasteiger partial charge on any atom is 0.235 e. The van der Waals surface area contributed by atoms with E-state index in [1.54, 1.807) is 0 Å². The Morgan fingerprint density at radius 2 is 2.12 bits per heavy atom. The van der Waals surface area contributed by atoms with Crippen molar-refractivity contribution in [3.63, 3.8) is 0 Å². The Labute approximate surface area is 95.6 Å². The number of nitrogens with two attached hydrogens (primary N) is 1. The van der Waals surface area contributed by atoms with E-state index in [0.29, 0.717) is 6.54 Å². The topological polar surface area (TPSA) is 82.2 Å². The first-order chi connectivity index (χ1) is 7.63. The fraction of sp³-hybridized carbons (Fsp3) is 0.818. The van der Waals surface area contributed by atoms with E-state index in [4.69, 9.17) is 11.0 Å².